The average molecular weight is 236 g/mol. The van der Waals surface area contributed by atoms with Crippen LogP contribution in [-0.2, 0) is 16.1 Å². The molecule has 5 heteroatoms. The van der Waals surface area contributed by atoms with Gasteiger partial charge in [-0.15, -0.1) is 11.3 Å². The summed E-state index contributed by atoms with van der Waals surface area (Å²) >= 11 is 1.29. The number of nitrogens with zero attached hydrogens (tertiary/aromatic N) is 1. The molecule has 0 bridgehead atoms. The van der Waals surface area contributed by atoms with E-state index in [2.05, 4.69) is 9.72 Å². The Morgan fingerprint density at radius 1 is 1.44 bits per heavy atom. The minimum Gasteiger partial charge on any atom is -0.451 e. The van der Waals surface area contributed by atoms with Gasteiger partial charge < -0.3 is 4.74 Å². The molecule has 0 atom stereocenters. The molecule has 0 unspecified atom stereocenters. The van der Waals surface area contributed by atoms with Gasteiger partial charge in [0.15, 0.2) is 0 Å². The number of halogens is 1. The van der Waals surface area contributed by atoms with Crippen molar-refractivity contribution in [3.8, 4) is 10.6 Å². The van der Waals surface area contributed by atoms with Gasteiger partial charge in [-0.3, -0.25) is 0 Å². The minimum atomic E-state index is -0.314. The summed E-state index contributed by atoms with van der Waals surface area (Å²) in [5, 5.41) is 0.572. The highest BCUT2D eigenvalue weighted by molar-refractivity contribution is 7.15. The molecule has 16 heavy (non-hydrogen) atoms. The molecule has 0 aliphatic heterocycles. The number of benzene rings is 1. The maximum Gasteiger partial charge on any atom is 0.417 e. The Morgan fingerprint density at radius 2 is 2.25 bits per heavy atom. The van der Waals surface area contributed by atoms with Crippen LogP contribution in [0, 0.1) is 5.82 Å². The quantitative estimate of drug-likeness (QED) is 0.818. The second kappa shape index (κ2) is 4.85. The molecule has 0 aliphatic carbocycles. The van der Waals surface area contributed by atoms with Crippen molar-refractivity contribution in [2.75, 3.05) is 0 Å². The second-order valence-electron chi connectivity index (χ2n) is 2.98. The lowest BCUT2D eigenvalue weighted by Gasteiger charge is -1.96. The molecule has 1 heterocycles. The highest BCUT2D eigenvalue weighted by Gasteiger charge is 2.08. The SMILES string of the molecule is O=[C]OCc1cnc(-c2ccccc2F)s1. The first-order chi connectivity index (χ1) is 7.81. The average Bonchev–Trinajstić information content (AvgIpc) is 2.75. The number of carbonyl (C=O) groups excluding carboxylic acids is 1. The Kier molecular flexibility index (Phi) is 3.26. The monoisotopic (exact) mass is 236 g/mol. The molecule has 2 rings (SSSR count). The predicted molar refractivity (Wildman–Crippen MR) is 58.0 cm³/mol. The molecule has 0 N–H and O–H groups in total. The molecular formula is C11H7FNO2S. The van der Waals surface area contributed by atoms with E-state index in [1.165, 1.54) is 23.9 Å². The van der Waals surface area contributed by atoms with Crippen molar-refractivity contribution in [2.45, 2.75) is 6.61 Å². The van der Waals surface area contributed by atoms with Crippen molar-refractivity contribution in [1.82, 2.24) is 4.98 Å². The van der Waals surface area contributed by atoms with E-state index in [1.807, 2.05) is 0 Å². The number of aromatic nitrogens is 1. The Balaban J connectivity index is 2.25. The van der Waals surface area contributed by atoms with Crippen molar-refractivity contribution in [3.05, 3.63) is 41.2 Å². The zero-order valence-electron chi connectivity index (χ0n) is 8.14. The topological polar surface area (TPSA) is 39.2 Å². The lowest BCUT2D eigenvalue weighted by Crippen LogP contribution is -1.84. The Labute approximate surface area is 95.5 Å². The Bertz CT molecular complexity index is 498. The fourth-order valence-corrected chi connectivity index (χ4v) is 2.09. The van der Waals surface area contributed by atoms with E-state index in [0.29, 0.717) is 10.6 Å². The summed E-state index contributed by atoms with van der Waals surface area (Å²) in [6.45, 7) is 1.45. The van der Waals surface area contributed by atoms with Crippen molar-refractivity contribution >= 4 is 17.8 Å². The predicted octanol–water partition coefficient (Wildman–Crippen LogP) is 2.53. The fraction of sp³-hybridized carbons (Fsp3) is 0.0909. The summed E-state index contributed by atoms with van der Waals surface area (Å²) in [6, 6.07) is 6.41. The number of hydrogen-bond acceptors (Lipinski definition) is 4. The maximum atomic E-state index is 13.4. The summed E-state index contributed by atoms with van der Waals surface area (Å²) < 4.78 is 17.9. The number of thiazole rings is 1. The summed E-state index contributed by atoms with van der Waals surface area (Å²) in [4.78, 5) is 14.7. The molecule has 0 fully saturated rings. The van der Waals surface area contributed by atoms with Gasteiger partial charge in [-0.1, -0.05) is 12.1 Å². The first-order valence-electron chi connectivity index (χ1n) is 4.50. The smallest absolute Gasteiger partial charge is 0.417 e. The summed E-state index contributed by atoms with van der Waals surface area (Å²) in [5.41, 5.74) is 0.453. The molecule has 81 valence electrons. The molecular weight excluding hydrogens is 229 g/mol. The van der Waals surface area contributed by atoms with Gasteiger partial charge in [-0.05, 0) is 12.1 Å². The van der Waals surface area contributed by atoms with E-state index < -0.39 is 0 Å². The van der Waals surface area contributed by atoms with Gasteiger partial charge in [-0.2, -0.15) is 0 Å². The van der Waals surface area contributed by atoms with Crippen LogP contribution >= 0.6 is 11.3 Å². The van der Waals surface area contributed by atoms with Crippen LogP contribution in [0.5, 0.6) is 0 Å². The standard InChI is InChI=1S/C11H7FNO2S/c12-10-4-2-1-3-9(10)11-13-5-8(16-11)6-15-7-14/h1-5H,6H2. The molecule has 2 aromatic rings. The largest absolute Gasteiger partial charge is 0.451 e. The van der Waals surface area contributed by atoms with E-state index in [1.54, 1.807) is 24.4 Å². The summed E-state index contributed by atoms with van der Waals surface area (Å²) in [7, 11) is 0. The molecule has 1 aromatic carbocycles. The second-order valence-corrected chi connectivity index (χ2v) is 4.10. The van der Waals surface area contributed by atoms with Gasteiger partial charge in [0.2, 0.25) is 0 Å². The fourth-order valence-electron chi connectivity index (χ4n) is 1.23. The Morgan fingerprint density at radius 3 is 3.00 bits per heavy atom. The molecule has 1 aromatic heterocycles. The van der Waals surface area contributed by atoms with E-state index in [-0.39, 0.29) is 12.4 Å². The van der Waals surface area contributed by atoms with Gasteiger partial charge in [0.05, 0.1) is 4.88 Å². The maximum absolute atomic E-state index is 13.4. The van der Waals surface area contributed by atoms with Gasteiger partial charge in [-0.25, -0.2) is 14.2 Å². The molecule has 0 aliphatic rings. The highest BCUT2D eigenvalue weighted by atomic mass is 32.1. The van der Waals surface area contributed by atoms with Crippen LogP contribution < -0.4 is 0 Å². The molecule has 0 spiro atoms. The third-order valence-electron chi connectivity index (χ3n) is 1.93. The molecule has 0 saturated carbocycles. The van der Waals surface area contributed by atoms with Crippen molar-refractivity contribution in [1.29, 1.82) is 0 Å². The number of hydrogen-bond donors (Lipinski definition) is 0. The van der Waals surface area contributed by atoms with Gasteiger partial charge in [0, 0.05) is 11.8 Å². The van der Waals surface area contributed by atoms with E-state index in [4.69, 9.17) is 0 Å². The van der Waals surface area contributed by atoms with Crippen LogP contribution in [0.3, 0.4) is 0 Å². The first kappa shape index (κ1) is 10.8. The first-order valence-corrected chi connectivity index (χ1v) is 5.31. The minimum absolute atomic E-state index is 0.121. The van der Waals surface area contributed by atoms with Crippen LogP contribution in [0.2, 0.25) is 0 Å². The van der Waals surface area contributed by atoms with Crippen molar-refractivity contribution in [3.63, 3.8) is 0 Å². The van der Waals surface area contributed by atoms with E-state index in [9.17, 15) is 9.18 Å². The van der Waals surface area contributed by atoms with Gasteiger partial charge >= 0.3 is 6.47 Å². The number of rotatable bonds is 4. The third-order valence-corrected chi connectivity index (χ3v) is 2.94. The van der Waals surface area contributed by atoms with E-state index >= 15 is 0 Å². The summed E-state index contributed by atoms with van der Waals surface area (Å²) in [5.74, 6) is -0.314. The number of ether oxygens (including phenoxy) is 1. The Hall–Kier alpha value is -1.75. The van der Waals surface area contributed by atoms with Crippen molar-refractivity contribution < 1.29 is 13.9 Å². The van der Waals surface area contributed by atoms with Crippen LogP contribution in [-0.4, -0.2) is 11.5 Å². The zero-order valence-corrected chi connectivity index (χ0v) is 8.96. The van der Waals surface area contributed by atoms with Gasteiger partial charge in [0.1, 0.15) is 17.4 Å². The van der Waals surface area contributed by atoms with Crippen LogP contribution in [0.1, 0.15) is 4.88 Å². The normalized spacial score (nSPS) is 10.1. The highest BCUT2D eigenvalue weighted by Crippen LogP contribution is 2.27. The van der Waals surface area contributed by atoms with Crippen molar-refractivity contribution in [2.24, 2.45) is 0 Å². The lowest BCUT2D eigenvalue weighted by atomic mass is 10.2. The third kappa shape index (κ3) is 2.25. The van der Waals surface area contributed by atoms with Crippen LogP contribution in [0.25, 0.3) is 10.6 Å². The summed E-state index contributed by atoms with van der Waals surface area (Å²) in [6.07, 6.45) is 1.56. The van der Waals surface area contributed by atoms with E-state index in [0.717, 1.165) is 4.88 Å². The lowest BCUT2D eigenvalue weighted by molar-refractivity contribution is 0.270. The molecule has 0 saturated heterocycles. The van der Waals surface area contributed by atoms with Gasteiger partial charge in [0.25, 0.3) is 0 Å². The van der Waals surface area contributed by atoms with Crippen LogP contribution in [0.15, 0.2) is 30.5 Å². The molecule has 1 radical (unpaired) electrons. The molecule has 3 nitrogen and oxygen atoms in total. The zero-order chi connectivity index (χ0) is 11.4. The molecule has 0 amide bonds. The van der Waals surface area contributed by atoms with Crippen LogP contribution in [0.4, 0.5) is 4.39 Å².